The lowest BCUT2D eigenvalue weighted by Gasteiger charge is -2.10. The lowest BCUT2D eigenvalue weighted by molar-refractivity contribution is -0.131. The molecule has 0 amide bonds. The van der Waals surface area contributed by atoms with Gasteiger partial charge in [-0.2, -0.15) is 0 Å². The molecule has 0 saturated heterocycles. The van der Waals surface area contributed by atoms with Crippen molar-refractivity contribution in [1.29, 1.82) is 0 Å². The van der Waals surface area contributed by atoms with Crippen LogP contribution in [0.3, 0.4) is 0 Å². The smallest absolute Gasteiger partial charge is 0.328 e. The number of hydrogen-bond donors (Lipinski definition) is 1. The summed E-state index contributed by atoms with van der Waals surface area (Å²) >= 11 is 11.9. The Hall–Kier alpha value is -1.97. The van der Waals surface area contributed by atoms with E-state index in [0.717, 1.165) is 6.08 Å². The molecular formula is C15H10Cl2O3. The van der Waals surface area contributed by atoms with Crippen molar-refractivity contribution in [3.05, 3.63) is 64.1 Å². The molecule has 5 heteroatoms. The van der Waals surface area contributed by atoms with Crippen molar-refractivity contribution in [3.8, 4) is 11.5 Å². The molecule has 2 rings (SSSR count). The van der Waals surface area contributed by atoms with Crippen LogP contribution in [0, 0.1) is 0 Å². The van der Waals surface area contributed by atoms with E-state index in [1.54, 1.807) is 42.5 Å². The molecule has 2 aromatic rings. The Labute approximate surface area is 126 Å². The summed E-state index contributed by atoms with van der Waals surface area (Å²) in [5.41, 5.74) is 0.579. The minimum atomic E-state index is -1.04. The maximum atomic E-state index is 10.6. The first-order valence-corrected chi connectivity index (χ1v) is 6.45. The van der Waals surface area contributed by atoms with Gasteiger partial charge in [0.25, 0.3) is 0 Å². The van der Waals surface area contributed by atoms with E-state index >= 15 is 0 Å². The third kappa shape index (κ3) is 3.76. The molecule has 0 bridgehead atoms. The largest absolute Gasteiger partial charge is 0.478 e. The number of rotatable bonds is 4. The summed E-state index contributed by atoms with van der Waals surface area (Å²) in [6, 6.07) is 11.9. The Kier molecular flexibility index (Phi) is 4.66. The fourth-order valence-electron chi connectivity index (χ4n) is 1.55. The van der Waals surface area contributed by atoms with Gasteiger partial charge in [-0.1, -0.05) is 35.3 Å². The highest BCUT2D eigenvalue weighted by Crippen LogP contribution is 2.34. The first-order valence-electron chi connectivity index (χ1n) is 5.69. The molecule has 0 heterocycles. The van der Waals surface area contributed by atoms with Gasteiger partial charge in [-0.05, 0) is 36.4 Å². The molecule has 0 spiro atoms. The molecule has 0 aromatic heterocycles. The quantitative estimate of drug-likeness (QED) is 0.818. The van der Waals surface area contributed by atoms with Crippen molar-refractivity contribution < 1.29 is 14.6 Å². The molecule has 0 fully saturated rings. The second-order valence-electron chi connectivity index (χ2n) is 3.89. The molecule has 3 nitrogen and oxygen atoms in total. The summed E-state index contributed by atoms with van der Waals surface area (Å²) in [6.07, 6.45) is 2.46. The average Bonchev–Trinajstić information content (AvgIpc) is 2.41. The van der Waals surface area contributed by atoms with Crippen LogP contribution in [0.4, 0.5) is 0 Å². The third-order valence-electron chi connectivity index (χ3n) is 2.44. The van der Waals surface area contributed by atoms with Gasteiger partial charge in [0.05, 0.1) is 5.02 Å². The van der Waals surface area contributed by atoms with E-state index in [4.69, 9.17) is 33.0 Å². The minimum Gasteiger partial charge on any atom is -0.478 e. The third-order valence-corrected chi connectivity index (χ3v) is 2.99. The van der Waals surface area contributed by atoms with E-state index in [2.05, 4.69) is 0 Å². The number of ether oxygens (including phenoxy) is 1. The number of carboxylic acids is 1. The highest BCUT2D eigenvalue weighted by atomic mass is 35.5. The van der Waals surface area contributed by atoms with E-state index in [-0.39, 0.29) is 0 Å². The van der Waals surface area contributed by atoms with Crippen molar-refractivity contribution in [2.24, 2.45) is 0 Å². The van der Waals surface area contributed by atoms with E-state index in [1.165, 1.54) is 6.08 Å². The van der Waals surface area contributed by atoms with Gasteiger partial charge in [0.1, 0.15) is 5.75 Å². The van der Waals surface area contributed by atoms with Gasteiger partial charge in [-0.15, -0.1) is 0 Å². The van der Waals surface area contributed by atoms with Gasteiger partial charge >= 0.3 is 5.97 Å². The van der Waals surface area contributed by atoms with Crippen LogP contribution in [0.25, 0.3) is 6.08 Å². The molecule has 0 saturated carbocycles. The van der Waals surface area contributed by atoms with Crippen molar-refractivity contribution in [2.45, 2.75) is 0 Å². The minimum absolute atomic E-state index is 0.396. The van der Waals surface area contributed by atoms with Crippen LogP contribution in [-0.2, 0) is 4.79 Å². The highest BCUT2D eigenvalue weighted by Gasteiger charge is 2.08. The monoisotopic (exact) mass is 308 g/mol. The van der Waals surface area contributed by atoms with E-state index < -0.39 is 5.97 Å². The molecule has 0 aliphatic rings. The number of para-hydroxylation sites is 1. The van der Waals surface area contributed by atoms with Crippen molar-refractivity contribution >= 4 is 35.2 Å². The van der Waals surface area contributed by atoms with Crippen LogP contribution < -0.4 is 4.74 Å². The van der Waals surface area contributed by atoms with Crippen molar-refractivity contribution in [3.63, 3.8) is 0 Å². The maximum absolute atomic E-state index is 10.6. The van der Waals surface area contributed by atoms with E-state index in [0.29, 0.717) is 27.1 Å². The van der Waals surface area contributed by atoms with Crippen molar-refractivity contribution in [1.82, 2.24) is 0 Å². The maximum Gasteiger partial charge on any atom is 0.328 e. The zero-order valence-electron chi connectivity index (χ0n) is 10.2. The fourth-order valence-corrected chi connectivity index (χ4v) is 1.89. The molecule has 2 aromatic carbocycles. The molecule has 0 aliphatic carbocycles. The molecule has 1 N–H and O–H groups in total. The van der Waals surface area contributed by atoms with Gasteiger partial charge < -0.3 is 9.84 Å². The molecule has 102 valence electrons. The van der Waals surface area contributed by atoms with Gasteiger partial charge in [-0.3, -0.25) is 0 Å². The number of carboxylic acid groups (broad SMARTS) is 1. The Morgan fingerprint density at radius 2 is 1.80 bits per heavy atom. The fraction of sp³-hybridized carbons (Fsp3) is 0. The topological polar surface area (TPSA) is 46.5 Å². The molecule has 20 heavy (non-hydrogen) atoms. The molecular weight excluding hydrogens is 299 g/mol. The lowest BCUT2D eigenvalue weighted by atomic mass is 10.2. The Balaban J connectivity index is 2.34. The Morgan fingerprint density at radius 3 is 2.45 bits per heavy atom. The van der Waals surface area contributed by atoms with Crippen LogP contribution >= 0.6 is 23.2 Å². The first kappa shape index (κ1) is 14.4. The number of hydrogen-bond acceptors (Lipinski definition) is 2. The van der Waals surface area contributed by atoms with Crippen LogP contribution in [0.15, 0.2) is 48.5 Å². The lowest BCUT2D eigenvalue weighted by Crippen LogP contribution is -1.90. The summed E-state index contributed by atoms with van der Waals surface area (Å²) in [6.45, 7) is 0. The van der Waals surface area contributed by atoms with Crippen LogP contribution in [0.1, 0.15) is 5.56 Å². The summed E-state index contributed by atoms with van der Waals surface area (Å²) < 4.78 is 5.69. The SMILES string of the molecule is O=C(O)/C=C/c1cccc(Cl)c1Oc1ccc(Cl)cc1. The second-order valence-corrected chi connectivity index (χ2v) is 4.73. The van der Waals surface area contributed by atoms with Crippen LogP contribution in [0.5, 0.6) is 11.5 Å². The zero-order valence-corrected chi connectivity index (χ0v) is 11.7. The second kappa shape index (κ2) is 6.46. The highest BCUT2D eigenvalue weighted by molar-refractivity contribution is 6.32. The number of benzene rings is 2. The normalized spacial score (nSPS) is 10.7. The van der Waals surface area contributed by atoms with Crippen LogP contribution in [-0.4, -0.2) is 11.1 Å². The molecule has 0 radical (unpaired) electrons. The summed E-state index contributed by atoms with van der Waals surface area (Å²) in [5.74, 6) is -0.0797. The molecule has 0 unspecified atom stereocenters. The van der Waals surface area contributed by atoms with Gasteiger partial charge in [-0.25, -0.2) is 4.79 Å². The first-order chi connectivity index (χ1) is 9.56. The standard InChI is InChI=1S/C15H10Cl2O3/c16-11-5-7-12(8-6-11)20-15-10(4-9-14(18)19)2-1-3-13(15)17/h1-9H,(H,18,19)/b9-4+. The number of aliphatic carboxylic acids is 1. The number of carbonyl (C=O) groups is 1. The van der Waals surface area contributed by atoms with E-state index in [9.17, 15) is 4.79 Å². The predicted molar refractivity (Wildman–Crippen MR) is 79.6 cm³/mol. The van der Waals surface area contributed by atoms with Gasteiger partial charge in [0.2, 0.25) is 0 Å². The summed E-state index contributed by atoms with van der Waals surface area (Å²) in [5, 5.41) is 9.68. The van der Waals surface area contributed by atoms with E-state index in [1.807, 2.05) is 0 Å². The summed E-state index contributed by atoms with van der Waals surface area (Å²) in [7, 11) is 0. The Bertz CT molecular complexity index is 649. The molecule has 0 aliphatic heterocycles. The number of halogens is 2. The Morgan fingerprint density at radius 1 is 1.10 bits per heavy atom. The zero-order chi connectivity index (χ0) is 14.5. The predicted octanol–water partition coefficient (Wildman–Crippen LogP) is 4.88. The van der Waals surface area contributed by atoms with Crippen molar-refractivity contribution in [2.75, 3.05) is 0 Å². The average molecular weight is 309 g/mol. The summed E-state index contributed by atoms with van der Waals surface area (Å²) in [4.78, 5) is 10.6. The van der Waals surface area contributed by atoms with Gasteiger partial charge in [0.15, 0.2) is 5.75 Å². The van der Waals surface area contributed by atoms with Gasteiger partial charge in [0, 0.05) is 16.7 Å². The molecule has 0 atom stereocenters. The van der Waals surface area contributed by atoms with Crippen LogP contribution in [0.2, 0.25) is 10.0 Å².